The average molecular weight is 347 g/mol. The number of carbonyl (C=O) groups is 1. The number of aliphatic carboxylic acids is 1. The first-order valence-electron chi connectivity index (χ1n) is 9.22. The fraction of sp³-hybridized carbons (Fsp3) is 0.944. The van der Waals surface area contributed by atoms with Crippen LogP contribution in [-0.2, 0) is 19.0 Å². The van der Waals surface area contributed by atoms with Gasteiger partial charge >= 0.3 is 0 Å². The van der Waals surface area contributed by atoms with Crippen molar-refractivity contribution < 1.29 is 28.6 Å². The lowest BCUT2D eigenvalue weighted by Crippen LogP contribution is -2.48. The van der Waals surface area contributed by atoms with Gasteiger partial charge in [-0.1, -0.05) is 13.3 Å². The molecular formula is C18H37NO5. The molecular weight excluding hydrogens is 310 g/mol. The van der Waals surface area contributed by atoms with E-state index in [0.29, 0.717) is 26.4 Å². The number of quaternary nitrogens is 1. The zero-order valence-corrected chi connectivity index (χ0v) is 15.9. The molecule has 24 heavy (non-hydrogen) atoms. The zero-order chi connectivity index (χ0) is 18.1. The lowest BCUT2D eigenvalue weighted by molar-refractivity contribution is -0.914. The van der Waals surface area contributed by atoms with Crippen LogP contribution in [0, 0.1) is 0 Å². The predicted octanol–water partition coefficient (Wildman–Crippen LogP) is 1.22. The van der Waals surface area contributed by atoms with Crippen molar-refractivity contribution in [1.29, 1.82) is 0 Å². The van der Waals surface area contributed by atoms with Crippen LogP contribution in [0.4, 0.5) is 0 Å². The van der Waals surface area contributed by atoms with E-state index in [0.717, 1.165) is 0 Å². The van der Waals surface area contributed by atoms with Gasteiger partial charge in [0.2, 0.25) is 0 Å². The molecule has 0 aromatic carbocycles. The number of hydrogen-bond donors (Lipinski definition) is 0. The summed E-state index contributed by atoms with van der Waals surface area (Å²) in [6.45, 7) is 8.68. The molecule has 0 aliphatic carbocycles. The molecule has 1 saturated heterocycles. The van der Waals surface area contributed by atoms with Crippen molar-refractivity contribution in [2.45, 2.75) is 45.4 Å². The maximum Gasteiger partial charge on any atom is 0.0784 e. The Balaban J connectivity index is 0.000000446. The van der Waals surface area contributed by atoms with E-state index in [2.05, 4.69) is 14.0 Å². The monoisotopic (exact) mass is 347 g/mol. The first-order chi connectivity index (χ1) is 11.5. The van der Waals surface area contributed by atoms with Crippen molar-refractivity contribution >= 4 is 5.97 Å². The molecule has 0 radical (unpaired) electrons. The Morgan fingerprint density at radius 2 is 1.58 bits per heavy atom. The highest BCUT2D eigenvalue weighted by atomic mass is 16.5. The van der Waals surface area contributed by atoms with Gasteiger partial charge in [-0.2, -0.15) is 0 Å². The first-order valence-corrected chi connectivity index (χ1v) is 9.22. The van der Waals surface area contributed by atoms with E-state index in [9.17, 15) is 9.90 Å². The van der Waals surface area contributed by atoms with E-state index in [1.54, 1.807) is 7.11 Å². The third-order valence-electron chi connectivity index (χ3n) is 4.20. The second-order valence-electron chi connectivity index (χ2n) is 6.54. The molecule has 6 nitrogen and oxygen atoms in total. The van der Waals surface area contributed by atoms with Gasteiger partial charge in [0.1, 0.15) is 0 Å². The molecule has 0 spiro atoms. The Morgan fingerprint density at radius 3 is 2.12 bits per heavy atom. The van der Waals surface area contributed by atoms with E-state index in [4.69, 9.17) is 14.2 Å². The molecule has 0 aromatic heterocycles. The van der Waals surface area contributed by atoms with Crippen LogP contribution in [0.5, 0.6) is 0 Å². The predicted molar refractivity (Wildman–Crippen MR) is 92.7 cm³/mol. The van der Waals surface area contributed by atoms with Crippen molar-refractivity contribution in [2.24, 2.45) is 0 Å². The van der Waals surface area contributed by atoms with Crippen molar-refractivity contribution in [3.8, 4) is 0 Å². The van der Waals surface area contributed by atoms with Crippen LogP contribution in [0.15, 0.2) is 0 Å². The Bertz CT molecular complexity index is 293. The van der Waals surface area contributed by atoms with E-state index >= 15 is 0 Å². The number of unbranched alkanes of at least 4 members (excludes halogenated alkanes) is 1. The van der Waals surface area contributed by atoms with Crippen molar-refractivity contribution in [1.82, 2.24) is 0 Å². The molecule has 6 heteroatoms. The van der Waals surface area contributed by atoms with Gasteiger partial charge in [0.15, 0.2) is 0 Å². The molecule has 1 heterocycles. The van der Waals surface area contributed by atoms with Gasteiger partial charge in [-0.3, -0.25) is 0 Å². The molecule has 0 saturated carbocycles. The van der Waals surface area contributed by atoms with Gasteiger partial charge in [0, 0.05) is 19.5 Å². The van der Waals surface area contributed by atoms with Gasteiger partial charge < -0.3 is 28.6 Å². The average Bonchev–Trinajstić information content (AvgIpc) is 2.56. The molecule has 0 unspecified atom stereocenters. The highest BCUT2D eigenvalue weighted by molar-refractivity contribution is 5.64. The molecule has 1 aliphatic rings. The molecule has 1 aliphatic heterocycles. The summed E-state index contributed by atoms with van der Waals surface area (Å²) in [6.07, 6.45) is 7.09. The summed E-state index contributed by atoms with van der Waals surface area (Å²) in [6, 6.07) is 0. The maximum absolute atomic E-state index is 9.93. The fourth-order valence-corrected chi connectivity index (χ4v) is 2.66. The molecule has 0 atom stereocenters. The normalized spacial score (nSPS) is 16.3. The minimum atomic E-state index is -1.10. The number of hydrogen-bond acceptors (Lipinski definition) is 5. The second kappa shape index (κ2) is 15.8. The fourth-order valence-electron chi connectivity index (χ4n) is 2.66. The van der Waals surface area contributed by atoms with Gasteiger partial charge in [0.05, 0.1) is 59.7 Å². The summed E-state index contributed by atoms with van der Waals surface area (Å²) in [7, 11) is 4.02. The number of piperidine rings is 1. The van der Waals surface area contributed by atoms with Crippen LogP contribution >= 0.6 is 0 Å². The van der Waals surface area contributed by atoms with Crippen LogP contribution in [-0.4, -0.2) is 77.3 Å². The number of carbonyl (C=O) groups excluding carboxylic acids is 1. The molecule has 0 N–H and O–H groups in total. The van der Waals surface area contributed by atoms with Crippen molar-refractivity contribution in [2.75, 3.05) is 66.8 Å². The Labute approximate surface area is 147 Å². The van der Waals surface area contributed by atoms with Gasteiger partial charge in [0.25, 0.3) is 0 Å². The molecule has 144 valence electrons. The number of methoxy groups -OCH3 is 1. The lowest BCUT2D eigenvalue weighted by atomic mass is 10.1. The van der Waals surface area contributed by atoms with E-state index in [1.807, 2.05) is 0 Å². The van der Waals surface area contributed by atoms with Crippen LogP contribution in [0.2, 0.25) is 0 Å². The summed E-state index contributed by atoms with van der Waals surface area (Å²) in [5, 5.41) is 9.93. The zero-order valence-electron chi connectivity index (χ0n) is 15.9. The lowest BCUT2D eigenvalue weighted by Gasteiger charge is -2.37. The quantitative estimate of drug-likeness (QED) is 0.392. The number of nitrogens with zero attached hydrogens (tertiary/aromatic N) is 1. The summed E-state index contributed by atoms with van der Waals surface area (Å²) < 4.78 is 16.1. The van der Waals surface area contributed by atoms with E-state index < -0.39 is 5.97 Å². The second-order valence-corrected chi connectivity index (χ2v) is 6.54. The van der Waals surface area contributed by atoms with Crippen molar-refractivity contribution in [3.63, 3.8) is 0 Å². The highest BCUT2D eigenvalue weighted by Gasteiger charge is 2.23. The Morgan fingerprint density at radius 1 is 1.00 bits per heavy atom. The van der Waals surface area contributed by atoms with Crippen molar-refractivity contribution in [3.05, 3.63) is 0 Å². The van der Waals surface area contributed by atoms with Gasteiger partial charge in [-0.05, 0) is 25.7 Å². The number of rotatable bonds is 12. The van der Waals surface area contributed by atoms with E-state index in [1.165, 1.54) is 56.2 Å². The minimum absolute atomic E-state index is 0.0714. The van der Waals surface area contributed by atoms with Crippen LogP contribution in [0.3, 0.4) is 0 Å². The number of likely N-dealkylation sites (tertiary alicyclic amines) is 1. The summed E-state index contributed by atoms with van der Waals surface area (Å²) in [5.74, 6) is -1.10. The minimum Gasteiger partial charge on any atom is -0.550 e. The third kappa shape index (κ3) is 14.9. The maximum atomic E-state index is 9.93. The summed E-state index contributed by atoms with van der Waals surface area (Å²) >= 11 is 0. The summed E-state index contributed by atoms with van der Waals surface area (Å²) in [4.78, 5) is 9.93. The standard InChI is InChI=1S/C10H22N.C8H16O5/c1-3-4-8-11(2)9-6-5-7-10-11;1-11-4-5-13-7-6-12-3-2-8(9)10/h3-10H2,1-2H3;2-7H2,1H3,(H,9,10)/q+1;/p-1. The van der Waals surface area contributed by atoms with Gasteiger partial charge in [-0.25, -0.2) is 0 Å². The highest BCUT2D eigenvalue weighted by Crippen LogP contribution is 2.16. The smallest absolute Gasteiger partial charge is 0.0784 e. The largest absolute Gasteiger partial charge is 0.550 e. The Hall–Kier alpha value is -0.690. The van der Waals surface area contributed by atoms with Gasteiger partial charge in [-0.15, -0.1) is 0 Å². The van der Waals surface area contributed by atoms with E-state index in [-0.39, 0.29) is 13.0 Å². The third-order valence-corrected chi connectivity index (χ3v) is 4.20. The van der Waals surface area contributed by atoms with Crippen LogP contribution in [0.25, 0.3) is 0 Å². The van der Waals surface area contributed by atoms with Crippen LogP contribution < -0.4 is 5.11 Å². The molecule has 1 rings (SSSR count). The molecule has 0 aromatic rings. The number of carboxylic acids is 1. The molecule has 0 bridgehead atoms. The van der Waals surface area contributed by atoms with Crippen LogP contribution in [0.1, 0.15) is 45.4 Å². The number of carboxylic acid groups (broad SMARTS) is 1. The topological polar surface area (TPSA) is 67.8 Å². The SMILES string of the molecule is CCCC[N+]1(C)CCCCC1.COCCOCCOCCC(=O)[O-]. The summed E-state index contributed by atoms with van der Waals surface area (Å²) in [5.41, 5.74) is 0. The number of ether oxygens (including phenoxy) is 3. The first kappa shape index (κ1) is 23.3. The Kier molecular flexibility index (Phi) is 15.4. The molecule has 0 amide bonds. The molecule has 1 fully saturated rings.